The first-order chi connectivity index (χ1) is 7.63. The molecule has 0 spiro atoms. The molecule has 1 N–H and O–H groups in total. The average Bonchev–Trinajstić information content (AvgIpc) is 2.74. The number of hydrogen-bond acceptors (Lipinski definition) is 3. The molecule has 0 radical (unpaired) electrons. The van der Waals surface area contributed by atoms with Gasteiger partial charge in [-0.2, -0.15) is 0 Å². The van der Waals surface area contributed by atoms with Crippen molar-refractivity contribution in [1.82, 2.24) is 15.1 Å². The number of nitrogens with zero attached hydrogens (tertiary/aromatic N) is 2. The Hall–Kier alpha value is -1.10. The van der Waals surface area contributed by atoms with Crippen molar-refractivity contribution >= 4 is 11.8 Å². The van der Waals surface area contributed by atoms with Crippen LogP contribution in [0, 0.1) is 0 Å². The summed E-state index contributed by atoms with van der Waals surface area (Å²) in [5, 5.41) is 3.09. The number of amides is 2. The van der Waals surface area contributed by atoms with Crippen molar-refractivity contribution in [3.63, 3.8) is 0 Å². The number of piperazine rings is 1. The van der Waals surface area contributed by atoms with Crippen LogP contribution in [0.15, 0.2) is 0 Å². The van der Waals surface area contributed by atoms with Crippen LogP contribution in [0.2, 0.25) is 0 Å². The Morgan fingerprint density at radius 1 is 1.50 bits per heavy atom. The zero-order chi connectivity index (χ0) is 11.7. The third-order valence-corrected chi connectivity index (χ3v) is 3.48. The Kier molecular flexibility index (Phi) is 3.14. The van der Waals surface area contributed by atoms with Gasteiger partial charge in [0, 0.05) is 19.1 Å². The molecule has 0 saturated carbocycles. The summed E-state index contributed by atoms with van der Waals surface area (Å²) in [5.41, 5.74) is 0. The van der Waals surface area contributed by atoms with E-state index in [-0.39, 0.29) is 30.4 Å². The van der Waals surface area contributed by atoms with Crippen molar-refractivity contribution in [3.8, 4) is 0 Å². The van der Waals surface area contributed by atoms with Gasteiger partial charge in [-0.15, -0.1) is 0 Å². The molecule has 2 rings (SSSR count). The lowest BCUT2D eigenvalue weighted by Gasteiger charge is -2.37. The van der Waals surface area contributed by atoms with Crippen molar-refractivity contribution in [2.24, 2.45) is 0 Å². The minimum atomic E-state index is -0.176. The summed E-state index contributed by atoms with van der Waals surface area (Å²) < 4.78 is 0. The van der Waals surface area contributed by atoms with Gasteiger partial charge in [0.2, 0.25) is 11.8 Å². The molecule has 2 unspecified atom stereocenters. The number of likely N-dealkylation sites (N-methyl/N-ethyl adjacent to an activating group) is 1. The average molecular weight is 225 g/mol. The smallest absolute Gasteiger partial charge is 0.245 e. The Morgan fingerprint density at radius 2 is 2.25 bits per heavy atom. The number of nitrogens with one attached hydrogen (secondary N) is 1. The van der Waals surface area contributed by atoms with Gasteiger partial charge in [0.25, 0.3) is 0 Å². The van der Waals surface area contributed by atoms with Crippen molar-refractivity contribution in [3.05, 3.63) is 0 Å². The predicted octanol–water partition coefficient (Wildman–Crippen LogP) is -0.572. The van der Waals surface area contributed by atoms with E-state index in [9.17, 15) is 9.59 Å². The Balaban J connectivity index is 2.05. The SMILES string of the molecule is CNC(C)CN1CC(=O)N2CCCC2C1=O. The monoisotopic (exact) mass is 225 g/mol. The van der Waals surface area contributed by atoms with E-state index in [1.165, 1.54) is 0 Å². The maximum Gasteiger partial charge on any atom is 0.245 e. The molecule has 2 saturated heterocycles. The molecule has 2 fully saturated rings. The first-order valence-electron chi connectivity index (χ1n) is 5.89. The highest BCUT2D eigenvalue weighted by Gasteiger charge is 2.41. The maximum absolute atomic E-state index is 12.1. The van der Waals surface area contributed by atoms with Crippen LogP contribution in [0.3, 0.4) is 0 Å². The first kappa shape index (κ1) is 11.4. The van der Waals surface area contributed by atoms with Gasteiger partial charge >= 0.3 is 0 Å². The fourth-order valence-electron chi connectivity index (χ4n) is 2.44. The first-order valence-corrected chi connectivity index (χ1v) is 5.89. The molecule has 2 amide bonds. The minimum absolute atomic E-state index is 0.102. The molecule has 0 aliphatic carbocycles. The van der Waals surface area contributed by atoms with Crippen LogP contribution >= 0.6 is 0 Å². The van der Waals surface area contributed by atoms with Crippen LogP contribution in [0.1, 0.15) is 19.8 Å². The van der Waals surface area contributed by atoms with Crippen LogP contribution in [-0.4, -0.2) is 60.4 Å². The molecule has 5 nitrogen and oxygen atoms in total. The third-order valence-electron chi connectivity index (χ3n) is 3.48. The van der Waals surface area contributed by atoms with Gasteiger partial charge in [0.1, 0.15) is 6.04 Å². The zero-order valence-electron chi connectivity index (χ0n) is 9.90. The van der Waals surface area contributed by atoms with E-state index in [1.54, 1.807) is 9.80 Å². The van der Waals surface area contributed by atoms with Crippen molar-refractivity contribution in [2.75, 3.05) is 26.7 Å². The van der Waals surface area contributed by atoms with E-state index in [2.05, 4.69) is 5.32 Å². The summed E-state index contributed by atoms with van der Waals surface area (Å²) in [6.07, 6.45) is 1.78. The Labute approximate surface area is 95.8 Å². The van der Waals surface area contributed by atoms with E-state index in [4.69, 9.17) is 0 Å². The van der Waals surface area contributed by atoms with E-state index < -0.39 is 0 Å². The molecule has 0 aromatic heterocycles. The molecule has 2 heterocycles. The van der Waals surface area contributed by atoms with E-state index in [0.717, 1.165) is 19.4 Å². The van der Waals surface area contributed by atoms with E-state index in [0.29, 0.717) is 6.54 Å². The Bertz CT molecular complexity index is 306. The maximum atomic E-state index is 12.1. The molecular weight excluding hydrogens is 206 g/mol. The summed E-state index contributed by atoms with van der Waals surface area (Å²) in [6.45, 7) is 3.64. The van der Waals surface area contributed by atoms with Gasteiger partial charge in [-0.25, -0.2) is 0 Å². The summed E-state index contributed by atoms with van der Waals surface area (Å²) in [7, 11) is 1.86. The second kappa shape index (κ2) is 4.41. The highest BCUT2D eigenvalue weighted by molar-refractivity contribution is 5.95. The summed E-state index contributed by atoms with van der Waals surface area (Å²) in [5.74, 6) is 0.226. The number of hydrogen-bond donors (Lipinski definition) is 1. The molecule has 0 aromatic carbocycles. The van der Waals surface area contributed by atoms with Gasteiger partial charge in [-0.1, -0.05) is 0 Å². The largest absolute Gasteiger partial charge is 0.330 e. The molecule has 90 valence electrons. The van der Waals surface area contributed by atoms with Gasteiger partial charge in [0.05, 0.1) is 6.54 Å². The summed E-state index contributed by atoms with van der Waals surface area (Å²) in [6, 6.07) is 0.0509. The Morgan fingerprint density at radius 3 is 2.94 bits per heavy atom. The second-order valence-electron chi connectivity index (χ2n) is 4.65. The number of rotatable bonds is 3. The van der Waals surface area contributed by atoms with Gasteiger partial charge in [-0.3, -0.25) is 9.59 Å². The summed E-state index contributed by atoms with van der Waals surface area (Å²) in [4.78, 5) is 27.4. The number of carbonyl (C=O) groups excluding carboxylic acids is 2. The zero-order valence-corrected chi connectivity index (χ0v) is 9.90. The van der Waals surface area contributed by atoms with Gasteiger partial charge in [0.15, 0.2) is 0 Å². The molecular formula is C11H19N3O2. The predicted molar refractivity (Wildman–Crippen MR) is 59.8 cm³/mol. The second-order valence-corrected chi connectivity index (χ2v) is 4.65. The molecule has 2 atom stereocenters. The lowest BCUT2D eigenvalue weighted by Crippen LogP contribution is -2.59. The normalized spacial score (nSPS) is 27.2. The topological polar surface area (TPSA) is 52.7 Å². The highest BCUT2D eigenvalue weighted by atomic mass is 16.2. The minimum Gasteiger partial charge on any atom is -0.330 e. The lowest BCUT2D eigenvalue weighted by molar-refractivity contribution is -0.153. The van der Waals surface area contributed by atoms with Crippen LogP contribution in [0.4, 0.5) is 0 Å². The lowest BCUT2D eigenvalue weighted by atomic mass is 10.1. The van der Waals surface area contributed by atoms with Gasteiger partial charge < -0.3 is 15.1 Å². The van der Waals surface area contributed by atoms with Crippen molar-refractivity contribution in [2.45, 2.75) is 31.8 Å². The van der Waals surface area contributed by atoms with E-state index in [1.807, 2.05) is 14.0 Å². The number of fused-ring (bicyclic) bond motifs is 1. The van der Waals surface area contributed by atoms with Gasteiger partial charge in [-0.05, 0) is 26.8 Å². The molecule has 5 heteroatoms. The quantitative estimate of drug-likeness (QED) is 0.699. The van der Waals surface area contributed by atoms with Crippen LogP contribution in [-0.2, 0) is 9.59 Å². The summed E-state index contributed by atoms with van der Waals surface area (Å²) >= 11 is 0. The van der Waals surface area contributed by atoms with Crippen LogP contribution < -0.4 is 5.32 Å². The molecule has 16 heavy (non-hydrogen) atoms. The molecule has 0 aromatic rings. The fourth-order valence-corrected chi connectivity index (χ4v) is 2.44. The standard InChI is InChI=1S/C11H19N3O2/c1-8(12-2)6-13-7-10(15)14-5-3-4-9(14)11(13)16/h8-9,12H,3-7H2,1-2H3. The van der Waals surface area contributed by atoms with E-state index >= 15 is 0 Å². The molecule has 2 aliphatic heterocycles. The van der Waals surface area contributed by atoms with Crippen molar-refractivity contribution in [1.29, 1.82) is 0 Å². The highest BCUT2D eigenvalue weighted by Crippen LogP contribution is 2.23. The van der Waals surface area contributed by atoms with Crippen molar-refractivity contribution < 1.29 is 9.59 Å². The third kappa shape index (κ3) is 1.91. The molecule has 0 bridgehead atoms. The fraction of sp³-hybridized carbons (Fsp3) is 0.818. The number of carbonyl (C=O) groups is 2. The van der Waals surface area contributed by atoms with Crippen LogP contribution in [0.5, 0.6) is 0 Å². The molecule has 2 aliphatic rings. The van der Waals surface area contributed by atoms with Crippen LogP contribution in [0.25, 0.3) is 0 Å².